The predicted octanol–water partition coefficient (Wildman–Crippen LogP) is 3.44. The van der Waals surface area contributed by atoms with Gasteiger partial charge in [0.2, 0.25) is 0 Å². The maximum atomic E-state index is 12.1. The predicted molar refractivity (Wildman–Crippen MR) is 81.0 cm³/mol. The van der Waals surface area contributed by atoms with Crippen molar-refractivity contribution < 1.29 is 19.4 Å². The van der Waals surface area contributed by atoms with Gasteiger partial charge in [-0.25, -0.2) is 0 Å². The first-order valence-electron chi connectivity index (χ1n) is 7.38. The third kappa shape index (κ3) is 4.88. The minimum Gasteiger partial charge on any atom is -0.480 e. The number of carbonyl (C=O) groups is 2. The van der Waals surface area contributed by atoms with Gasteiger partial charge in [-0.15, -0.1) is 0 Å². The van der Waals surface area contributed by atoms with Crippen molar-refractivity contribution in [3.63, 3.8) is 0 Å². The second kappa shape index (κ2) is 7.81. The highest BCUT2D eigenvalue weighted by Gasteiger charge is 2.42. The van der Waals surface area contributed by atoms with Crippen LogP contribution < -0.4 is 0 Å². The van der Waals surface area contributed by atoms with E-state index in [4.69, 9.17) is 4.74 Å². The largest absolute Gasteiger partial charge is 0.480 e. The Morgan fingerprint density at radius 2 is 1.90 bits per heavy atom. The minimum absolute atomic E-state index is 0.259. The van der Waals surface area contributed by atoms with E-state index in [1.165, 1.54) is 6.92 Å². The number of aliphatic carboxylic acids is 1. The molecule has 2 unspecified atom stereocenters. The van der Waals surface area contributed by atoms with Crippen LogP contribution in [0.25, 0.3) is 0 Å². The van der Waals surface area contributed by atoms with Gasteiger partial charge in [-0.2, -0.15) is 0 Å². The second-order valence-electron chi connectivity index (χ2n) is 5.60. The van der Waals surface area contributed by atoms with Crippen molar-refractivity contribution in [2.75, 3.05) is 0 Å². The lowest BCUT2D eigenvalue weighted by Gasteiger charge is -2.24. The molecule has 0 bridgehead atoms. The molecular weight excluding hydrogens is 268 g/mol. The summed E-state index contributed by atoms with van der Waals surface area (Å²) in [5.41, 5.74) is -0.335. The summed E-state index contributed by atoms with van der Waals surface area (Å²) in [5.74, 6) is -1.76. The van der Waals surface area contributed by atoms with E-state index >= 15 is 0 Å². The van der Waals surface area contributed by atoms with Gasteiger partial charge in [0.25, 0.3) is 0 Å². The van der Waals surface area contributed by atoms with Crippen molar-refractivity contribution in [3.8, 4) is 0 Å². The van der Waals surface area contributed by atoms with Crippen LogP contribution in [0.2, 0.25) is 0 Å². The number of carboxylic acids is 1. The van der Waals surface area contributed by atoms with E-state index in [2.05, 4.69) is 0 Å². The Hall–Kier alpha value is -1.84. The van der Waals surface area contributed by atoms with Crippen LogP contribution in [-0.4, -0.2) is 23.1 Å². The lowest BCUT2D eigenvalue weighted by molar-refractivity contribution is -0.171. The van der Waals surface area contributed by atoms with Crippen molar-refractivity contribution in [2.24, 2.45) is 5.41 Å². The molecule has 0 fully saturated rings. The second-order valence-corrected chi connectivity index (χ2v) is 5.60. The van der Waals surface area contributed by atoms with E-state index in [0.717, 1.165) is 12.0 Å². The highest BCUT2D eigenvalue weighted by molar-refractivity contribution is 5.98. The zero-order chi connectivity index (χ0) is 15.9. The Morgan fingerprint density at radius 3 is 2.43 bits per heavy atom. The van der Waals surface area contributed by atoms with Crippen LogP contribution in [0.5, 0.6) is 0 Å². The van der Waals surface area contributed by atoms with E-state index in [0.29, 0.717) is 12.8 Å². The summed E-state index contributed by atoms with van der Waals surface area (Å²) in [6, 6.07) is 9.82. The summed E-state index contributed by atoms with van der Waals surface area (Å²) < 4.78 is 5.21. The summed E-state index contributed by atoms with van der Waals surface area (Å²) in [4.78, 5) is 23.6. The SMILES string of the molecule is CCC(C)OC(=O)C(C)(CCCc1ccccc1)C(=O)O. The molecule has 1 N–H and O–H groups in total. The molecule has 4 nitrogen and oxygen atoms in total. The van der Waals surface area contributed by atoms with Crippen molar-refractivity contribution >= 4 is 11.9 Å². The first-order chi connectivity index (χ1) is 9.90. The molecule has 0 aliphatic rings. The maximum Gasteiger partial charge on any atom is 0.323 e. The lowest BCUT2D eigenvalue weighted by Crippen LogP contribution is -2.39. The molecule has 0 aromatic heterocycles. The molecule has 0 aliphatic heterocycles. The van der Waals surface area contributed by atoms with Crippen LogP contribution >= 0.6 is 0 Å². The van der Waals surface area contributed by atoms with Crippen LogP contribution in [0.15, 0.2) is 30.3 Å². The van der Waals surface area contributed by atoms with E-state index in [-0.39, 0.29) is 12.5 Å². The average Bonchev–Trinajstić information content (AvgIpc) is 2.47. The lowest BCUT2D eigenvalue weighted by atomic mass is 9.84. The first-order valence-corrected chi connectivity index (χ1v) is 7.38. The van der Waals surface area contributed by atoms with Gasteiger partial charge in [-0.1, -0.05) is 37.3 Å². The minimum atomic E-state index is -1.47. The Balaban J connectivity index is 2.63. The highest BCUT2D eigenvalue weighted by Crippen LogP contribution is 2.27. The molecule has 0 aliphatic carbocycles. The van der Waals surface area contributed by atoms with Gasteiger partial charge in [0, 0.05) is 0 Å². The summed E-state index contributed by atoms with van der Waals surface area (Å²) in [7, 11) is 0. The zero-order valence-corrected chi connectivity index (χ0v) is 13.0. The molecule has 1 rings (SSSR count). The number of aryl methyl sites for hydroxylation is 1. The van der Waals surface area contributed by atoms with E-state index in [9.17, 15) is 14.7 Å². The number of rotatable bonds is 8. The molecule has 0 saturated heterocycles. The van der Waals surface area contributed by atoms with Crippen LogP contribution in [0.1, 0.15) is 45.6 Å². The highest BCUT2D eigenvalue weighted by atomic mass is 16.5. The Labute approximate surface area is 126 Å². The summed E-state index contributed by atoms with van der Waals surface area (Å²) in [6.07, 6.45) is 2.06. The standard InChI is InChI=1S/C17H24O4/c1-4-13(2)21-16(20)17(3,15(18)19)12-8-11-14-9-6-5-7-10-14/h5-7,9-10,13H,4,8,11-12H2,1-3H3,(H,18,19). The van der Waals surface area contributed by atoms with Crippen LogP contribution in [-0.2, 0) is 20.7 Å². The third-order valence-corrected chi connectivity index (χ3v) is 3.79. The topological polar surface area (TPSA) is 63.6 Å². The van der Waals surface area contributed by atoms with Gasteiger partial charge in [0.05, 0.1) is 6.10 Å². The number of carboxylic acid groups (broad SMARTS) is 1. The van der Waals surface area contributed by atoms with Gasteiger partial charge < -0.3 is 9.84 Å². The van der Waals surface area contributed by atoms with Gasteiger partial charge in [-0.05, 0) is 45.1 Å². The van der Waals surface area contributed by atoms with Crippen molar-refractivity contribution in [3.05, 3.63) is 35.9 Å². The number of hydrogen-bond donors (Lipinski definition) is 1. The van der Waals surface area contributed by atoms with E-state index in [1.54, 1.807) is 6.92 Å². The number of benzene rings is 1. The van der Waals surface area contributed by atoms with Crippen molar-refractivity contribution in [1.82, 2.24) is 0 Å². The van der Waals surface area contributed by atoms with Crippen molar-refractivity contribution in [2.45, 2.75) is 52.6 Å². The molecule has 0 radical (unpaired) electrons. The molecule has 0 saturated carbocycles. The maximum absolute atomic E-state index is 12.1. The number of esters is 1. The molecule has 0 spiro atoms. The first kappa shape index (κ1) is 17.2. The number of hydrogen-bond acceptors (Lipinski definition) is 3. The van der Waals surface area contributed by atoms with Crippen molar-refractivity contribution in [1.29, 1.82) is 0 Å². The Kier molecular flexibility index (Phi) is 6.40. The molecule has 116 valence electrons. The molecular formula is C17H24O4. The molecule has 4 heteroatoms. The van der Waals surface area contributed by atoms with Crippen LogP contribution in [0.4, 0.5) is 0 Å². The van der Waals surface area contributed by atoms with E-state index < -0.39 is 17.4 Å². The normalized spacial score (nSPS) is 15.0. The molecule has 2 atom stereocenters. The fraction of sp³-hybridized carbons (Fsp3) is 0.529. The summed E-state index contributed by atoms with van der Waals surface area (Å²) in [6.45, 7) is 5.11. The number of carbonyl (C=O) groups excluding carboxylic acids is 1. The average molecular weight is 292 g/mol. The number of ether oxygens (including phenoxy) is 1. The van der Waals surface area contributed by atoms with E-state index in [1.807, 2.05) is 37.3 Å². The van der Waals surface area contributed by atoms with Crippen LogP contribution in [0, 0.1) is 5.41 Å². The van der Waals surface area contributed by atoms with Crippen LogP contribution in [0.3, 0.4) is 0 Å². The van der Waals surface area contributed by atoms with Gasteiger partial charge in [0.1, 0.15) is 0 Å². The van der Waals surface area contributed by atoms with Gasteiger partial charge in [0.15, 0.2) is 5.41 Å². The molecule has 0 amide bonds. The monoisotopic (exact) mass is 292 g/mol. The fourth-order valence-corrected chi connectivity index (χ4v) is 1.98. The molecule has 21 heavy (non-hydrogen) atoms. The Morgan fingerprint density at radius 1 is 1.29 bits per heavy atom. The van der Waals surface area contributed by atoms with Gasteiger partial charge in [-0.3, -0.25) is 9.59 Å². The molecule has 0 heterocycles. The zero-order valence-electron chi connectivity index (χ0n) is 13.0. The molecule has 1 aromatic carbocycles. The fourth-order valence-electron chi connectivity index (χ4n) is 1.98. The smallest absolute Gasteiger partial charge is 0.323 e. The molecule has 1 aromatic rings. The third-order valence-electron chi connectivity index (χ3n) is 3.79. The summed E-state index contributed by atoms with van der Waals surface area (Å²) in [5, 5.41) is 9.38. The summed E-state index contributed by atoms with van der Waals surface area (Å²) >= 11 is 0. The quantitative estimate of drug-likeness (QED) is 0.589. The Bertz CT molecular complexity index is 469. The van der Waals surface area contributed by atoms with Gasteiger partial charge >= 0.3 is 11.9 Å².